The van der Waals surface area contributed by atoms with Gasteiger partial charge in [-0.2, -0.15) is 0 Å². The van der Waals surface area contributed by atoms with E-state index in [1.54, 1.807) is 26.8 Å². The van der Waals surface area contributed by atoms with Crippen molar-refractivity contribution in [3.8, 4) is 10.6 Å². The molecule has 0 aliphatic heterocycles. The van der Waals surface area contributed by atoms with Gasteiger partial charge in [0.2, 0.25) is 5.78 Å². The molecule has 4 heterocycles. The number of nitrogens with zero attached hydrogens (tertiary/aromatic N) is 2. The molecule has 4 rings (SSSR count). The van der Waals surface area contributed by atoms with E-state index < -0.39 is 23.8 Å². The molecule has 0 aliphatic carbocycles. The van der Waals surface area contributed by atoms with Gasteiger partial charge in [-0.25, -0.2) is 14.6 Å². The summed E-state index contributed by atoms with van der Waals surface area (Å²) in [5.41, 5.74) is 2.85. The number of ether oxygens (including phenoxy) is 2. The third-order valence-corrected chi connectivity index (χ3v) is 6.23. The number of ketones is 1. The van der Waals surface area contributed by atoms with Gasteiger partial charge in [0.05, 0.1) is 45.6 Å². The number of fused-ring (bicyclic) bond motifs is 1. The van der Waals surface area contributed by atoms with Crippen LogP contribution in [0.15, 0.2) is 28.1 Å². The van der Waals surface area contributed by atoms with Gasteiger partial charge in [0.25, 0.3) is 5.71 Å². The van der Waals surface area contributed by atoms with Crippen molar-refractivity contribution >= 4 is 40.2 Å². The van der Waals surface area contributed by atoms with Gasteiger partial charge in [-0.15, -0.1) is 11.3 Å². The lowest BCUT2D eigenvalue weighted by molar-refractivity contribution is 0.0318. The van der Waals surface area contributed by atoms with Crippen molar-refractivity contribution in [2.24, 2.45) is 0 Å². The summed E-state index contributed by atoms with van der Waals surface area (Å²) in [6.45, 7) is 6.48. The van der Waals surface area contributed by atoms with Crippen molar-refractivity contribution in [1.82, 2.24) is 15.1 Å². The number of aryl methyl sites for hydroxylation is 2. The first-order valence-corrected chi connectivity index (χ1v) is 10.9. The van der Waals surface area contributed by atoms with Gasteiger partial charge in [-0.1, -0.05) is 11.2 Å². The summed E-state index contributed by atoms with van der Waals surface area (Å²) in [5.74, 6) is -1.72. The molecule has 0 saturated heterocycles. The Labute approximate surface area is 192 Å². The van der Waals surface area contributed by atoms with E-state index in [-0.39, 0.29) is 22.5 Å². The summed E-state index contributed by atoms with van der Waals surface area (Å²) in [7, 11) is 1.27. The van der Waals surface area contributed by atoms with Crippen LogP contribution in [-0.2, 0) is 9.47 Å². The number of aromatic nitrogens is 3. The number of nitrogens with one attached hydrogen (secondary N) is 1. The fourth-order valence-corrected chi connectivity index (χ4v) is 4.38. The molecular formula is C23H21N3O6S. The van der Waals surface area contributed by atoms with E-state index in [1.807, 2.05) is 17.5 Å². The Hall–Kier alpha value is -3.79. The second-order valence-electron chi connectivity index (χ2n) is 7.51. The molecule has 0 aliphatic rings. The highest BCUT2D eigenvalue weighted by Crippen LogP contribution is 2.30. The second-order valence-corrected chi connectivity index (χ2v) is 8.46. The minimum absolute atomic E-state index is 0.188. The number of hydrogen-bond acceptors (Lipinski definition) is 9. The van der Waals surface area contributed by atoms with Crippen molar-refractivity contribution in [3.63, 3.8) is 0 Å². The van der Waals surface area contributed by atoms with Crippen LogP contribution in [-0.4, -0.2) is 46.1 Å². The zero-order valence-corrected chi connectivity index (χ0v) is 19.5. The van der Waals surface area contributed by atoms with Crippen LogP contribution in [0.2, 0.25) is 0 Å². The molecule has 0 spiro atoms. The zero-order valence-electron chi connectivity index (χ0n) is 18.6. The molecule has 0 saturated carbocycles. The standard InChI is InChI=1S/C23H21N3O6S/c1-10-17(23(29)30-5)11(2)24-19(10)20(27)13(4)31-22(28)14-9-15(16-7-6-8-33-16)25-21-18(14)12(3)26-32-21/h6-9,13,24H,1-5H3. The largest absolute Gasteiger partial charge is 0.465 e. The lowest BCUT2D eigenvalue weighted by Gasteiger charge is -2.13. The Morgan fingerprint density at radius 2 is 1.94 bits per heavy atom. The van der Waals surface area contributed by atoms with Crippen LogP contribution in [0.3, 0.4) is 0 Å². The highest BCUT2D eigenvalue weighted by atomic mass is 32.1. The SMILES string of the molecule is COC(=O)c1c(C)[nH]c(C(=O)C(C)OC(=O)c2cc(-c3cccs3)nc3onc(C)c23)c1C. The van der Waals surface area contributed by atoms with E-state index >= 15 is 0 Å². The fourth-order valence-electron chi connectivity index (χ4n) is 3.69. The van der Waals surface area contributed by atoms with Crippen molar-refractivity contribution < 1.29 is 28.4 Å². The molecule has 0 aromatic carbocycles. The third kappa shape index (κ3) is 3.93. The van der Waals surface area contributed by atoms with Crippen molar-refractivity contribution in [2.75, 3.05) is 7.11 Å². The van der Waals surface area contributed by atoms with Crippen molar-refractivity contribution in [1.29, 1.82) is 0 Å². The van der Waals surface area contributed by atoms with E-state index in [0.29, 0.717) is 28.0 Å². The molecule has 0 amide bonds. The van der Waals surface area contributed by atoms with E-state index in [4.69, 9.17) is 14.0 Å². The van der Waals surface area contributed by atoms with E-state index in [0.717, 1.165) is 4.88 Å². The Morgan fingerprint density at radius 1 is 1.18 bits per heavy atom. The van der Waals surface area contributed by atoms with Crippen LogP contribution >= 0.6 is 11.3 Å². The second kappa shape index (κ2) is 8.62. The fraction of sp³-hybridized carbons (Fsp3) is 0.261. The Bertz CT molecular complexity index is 1380. The zero-order chi connectivity index (χ0) is 23.9. The Balaban J connectivity index is 1.66. The lowest BCUT2D eigenvalue weighted by atomic mass is 10.1. The topological polar surface area (TPSA) is 124 Å². The van der Waals surface area contributed by atoms with Crippen LogP contribution < -0.4 is 0 Å². The quantitative estimate of drug-likeness (QED) is 0.326. The number of Topliss-reactive ketones (excluding diaryl/α,β-unsaturated/α-hetero) is 1. The van der Waals surface area contributed by atoms with Gasteiger partial charge in [-0.05, 0) is 50.8 Å². The molecule has 0 radical (unpaired) electrons. The predicted molar refractivity (Wildman–Crippen MR) is 121 cm³/mol. The van der Waals surface area contributed by atoms with Crippen molar-refractivity contribution in [3.05, 3.63) is 57.4 Å². The lowest BCUT2D eigenvalue weighted by Crippen LogP contribution is -2.25. The van der Waals surface area contributed by atoms with Crippen molar-refractivity contribution in [2.45, 2.75) is 33.8 Å². The molecular weight excluding hydrogens is 446 g/mol. The first-order valence-electron chi connectivity index (χ1n) is 10.1. The number of hydrogen-bond donors (Lipinski definition) is 1. The van der Waals surface area contributed by atoms with Gasteiger partial charge in [0.1, 0.15) is 0 Å². The average molecular weight is 468 g/mol. The monoisotopic (exact) mass is 467 g/mol. The first-order chi connectivity index (χ1) is 15.7. The average Bonchev–Trinajstić information content (AvgIpc) is 3.52. The van der Waals surface area contributed by atoms with Crippen LogP contribution in [0.4, 0.5) is 0 Å². The summed E-state index contributed by atoms with van der Waals surface area (Å²) in [4.78, 5) is 46.4. The molecule has 9 nitrogen and oxygen atoms in total. The van der Waals surface area contributed by atoms with Gasteiger partial charge < -0.3 is 19.0 Å². The van der Waals surface area contributed by atoms with E-state index in [2.05, 4.69) is 15.1 Å². The molecule has 0 fully saturated rings. The summed E-state index contributed by atoms with van der Waals surface area (Å²) < 4.78 is 15.6. The molecule has 0 bridgehead atoms. The third-order valence-electron chi connectivity index (χ3n) is 5.34. The number of thiophene rings is 1. The highest BCUT2D eigenvalue weighted by Gasteiger charge is 2.29. The Morgan fingerprint density at radius 3 is 2.61 bits per heavy atom. The minimum Gasteiger partial charge on any atom is -0.465 e. The summed E-state index contributed by atoms with van der Waals surface area (Å²) >= 11 is 1.46. The number of esters is 2. The number of methoxy groups -OCH3 is 1. The van der Waals surface area contributed by atoms with Crippen LogP contribution in [0.5, 0.6) is 0 Å². The number of pyridine rings is 1. The Kier molecular flexibility index (Phi) is 5.86. The molecule has 1 atom stereocenters. The number of aromatic amines is 1. The molecule has 33 heavy (non-hydrogen) atoms. The molecule has 170 valence electrons. The maximum absolute atomic E-state index is 13.1. The normalized spacial score (nSPS) is 12.0. The van der Waals surface area contributed by atoms with Crippen LogP contribution in [0.25, 0.3) is 21.7 Å². The summed E-state index contributed by atoms with van der Waals surface area (Å²) in [6.07, 6.45) is -1.12. The molecule has 1 N–H and O–H groups in total. The molecule has 4 aromatic rings. The predicted octanol–water partition coefficient (Wildman–Crippen LogP) is 4.42. The van der Waals surface area contributed by atoms with E-state index in [1.165, 1.54) is 25.4 Å². The smallest absolute Gasteiger partial charge is 0.339 e. The molecule has 1 unspecified atom stereocenters. The number of rotatable bonds is 6. The first kappa shape index (κ1) is 22.4. The van der Waals surface area contributed by atoms with E-state index in [9.17, 15) is 14.4 Å². The number of carbonyl (C=O) groups excluding carboxylic acids is 3. The van der Waals surface area contributed by atoms with Crippen LogP contribution in [0.1, 0.15) is 55.1 Å². The van der Waals surface area contributed by atoms with Gasteiger partial charge >= 0.3 is 11.9 Å². The summed E-state index contributed by atoms with van der Waals surface area (Å²) in [5, 5.41) is 6.24. The van der Waals surface area contributed by atoms with Gasteiger partial charge in [-0.3, -0.25) is 4.79 Å². The maximum Gasteiger partial charge on any atom is 0.339 e. The highest BCUT2D eigenvalue weighted by molar-refractivity contribution is 7.13. The minimum atomic E-state index is -1.12. The summed E-state index contributed by atoms with van der Waals surface area (Å²) in [6, 6.07) is 5.36. The number of H-pyrrole nitrogens is 1. The van der Waals surface area contributed by atoms with Crippen LogP contribution in [0, 0.1) is 20.8 Å². The van der Waals surface area contributed by atoms with Gasteiger partial charge in [0, 0.05) is 5.69 Å². The molecule has 10 heteroatoms. The maximum atomic E-state index is 13.1. The molecule has 4 aromatic heterocycles. The number of carbonyl (C=O) groups is 3. The van der Waals surface area contributed by atoms with Gasteiger partial charge in [0.15, 0.2) is 6.10 Å².